The molecule has 1 unspecified atom stereocenters. The summed E-state index contributed by atoms with van der Waals surface area (Å²) in [5.74, 6) is -0.334. The molecule has 3 aromatic carbocycles. The van der Waals surface area contributed by atoms with E-state index in [0.717, 1.165) is 9.20 Å². The van der Waals surface area contributed by atoms with Gasteiger partial charge < -0.3 is 15.0 Å². The van der Waals surface area contributed by atoms with Crippen molar-refractivity contribution in [2.45, 2.75) is 56.5 Å². The number of rotatable bonds is 15. The molecule has 0 radical (unpaired) electrons. The third-order valence-electron chi connectivity index (χ3n) is 6.73. The first-order chi connectivity index (χ1) is 20.5. The third kappa shape index (κ3) is 8.90. The van der Waals surface area contributed by atoms with E-state index in [1.165, 1.54) is 28.8 Å². The minimum Gasteiger partial charge on any atom is -0.492 e. The van der Waals surface area contributed by atoms with Gasteiger partial charge in [-0.05, 0) is 73.5 Å². The molecule has 0 aliphatic heterocycles. The summed E-state index contributed by atoms with van der Waals surface area (Å²) in [6, 6.07) is 19.4. The molecule has 0 bridgehead atoms. The molecule has 43 heavy (non-hydrogen) atoms. The fourth-order valence-electron chi connectivity index (χ4n) is 4.48. The Labute approximate surface area is 264 Å². The molecule has 0 fully saturated rings. The molecule has 0 aliphatic carbocycles. The molecule has 0 saturated heterocycles. The van der Waals surface area contributed by atoms with Crippen molar-refractivity contribution in [1.29, 1.82) is 0 Å². The Hall–Kier alpha value is -3.21. The minimum absolute atomic E-state index is 0.0233. The minimum atomic E-state index is -4.23. The normalized spacial score (nSPS) is 12.1. The first-order valence-electron chi connectivity index (χ1n) is 14.2. The topological polar surface area (TPSA) is 96.0 Å². The van der Waals surface area contributed by atoms with Crippen LogP contribution in [0.1, 0.15) is 39.7 Å². The highest BCUT2D eigenvalue weighted by Crippen LogP contribution is 2.33. The van der Waals surface area contributed by atoms with Gasteiger partial charge in [-0.1, -0.05) is 62.7 Å². The Morgan fingerprint density at radius 1 is 0.977 bits per heavy atom. The molecule has 0 heterocycles. The number of carbonyl (C=O) groups excluding carboxylic acids is 2. The number of nitrogens with one attached hydrogen (secondary N) is 1. The molecule has 8 nitrogen and oxygen atoms in total. The molecular weight excluding hydrogens is 606 g/mol. The van der Waals surface area contributed by atoms with E-state index in [-0.39, 0.29) is 29.0 Å². The molecule has 1 N–H and O–H groups in total. The van der Waals surface area contributed by atoms with Gasteiger partial charge in [0.15, 0.2) is 0 Å². The maximum Gasteiger partial charge on any atom is 0.264 e. The summed E-state index contributed by atoms with van der Waals surface area (Å²) in [6.45, 7) is 7.79. The van der Waals surface area contributed by atoms with E-state index in [1.54, 1.807) is 67.6 Å². The van der Waals surface area contributed by atoms with Gasteiger partial charge in [-0.15, -0.1) is 11.8 Å². The van der Waals surface area contributed by atoms with Crippen molar-refractivity contribution in [3.05, 3.63) is 83.4 Å². The summed E-state index contributed by atoms with van der Waals surface area (Å²) in [4.78, 5) is 30.0. The van der Waals surface area contributed by atoms with Crippen LogP contribution in [0.2, 0.25) is 5.02 Å². The Kier molecular flexibility index (Phi) is 12.8. The number of nitrogens with zero attached hydrogens (tertiary/aromatic N) is 2. The second kappa shape index (κ2) is 16.0. The molecule has 3 aromatic rings. The number of benzene rings is 3. The van der Waals surface area contributed by atoms with E-state index in [9.17, 15) is 18.0 Å². The van der Waals surface area contributed by atoms with Crippen LogP contribution in [0.4, 0.5) is 5.69 Å². The third-order valence-corrected chi connectivity index (χ3v) is 9.62. The maximum atomic E-state index is 14.3. The Balaban J connectivity index is 2.11. The second-order valence-corrected chi connectivity index (χ2v) is 13.4. The molecular formula is C32H40ClN3O5S2. The molecule has 0 aromatic heterocycles. The van der Waals surface area contributed by atoms with E-state index in [1.807, 2.05) is 27.0 Å². The highest BCUT2D eigenvalue weighted by molar-refractivity contribution is 7.98. The van der Waals surface area contributed by atoms with Gasteiger partial charge in [0.05, 0.1) is 17.2 Å². The summed E-state index contributed by atoms with van der Waals surface area (Å²) >= 11 is 7.97. The van der Waals surface area contributed by atoms with E-state index in [0.29, 0.717) is 35.9 Å². The highest BCUT2D eigenvalue weighted by Gasteiger charge is 2.35. The number of hydrogen-bond acceptors (Lipinski definition) is 6. The average Bonchev–Trinajstić information content (AvgIpc) is 3.00. The summed E-state index contributed by atoms with van der Waals surface area (Å²) in [5, 5.41) is 3.37. The average molecular weight is 646 g/mol. The molecule has 1 atom stereocenters. The number of para-hydroxylation sites is 2. The van der Waals surface area contributed by atoms with E-state index in [4.69, 9.17) is 16.3 Å². The maximum absolute atomic E-state index is 14.3. The Morgan fingerprint density at radius 2 is 1.63 bits per heavy atom. The van der Waals surface area contributed by atoms with Gasteiger partial charge in [0, 0.05) is 23.0 Å². The van der Waals surface area contributed by atoms with Crippen molar-refractivity contribution in [3.63, 3.8) is 0 Å². The molecule has 0 spiro atoms. The van der Waals surface area contributed by atoms with Crippen molar-refractivity contribution in [2.75, 3.05) is 30.3 Å². The zero-order valence-electron chi connectivity index (χ0n) is 25.2. The number of carbonyl (C=O) groups is 2. The van der Waals surface area contributed by atoms with Crippen LogP contribution in [0.25, 0.3) is 0 Å². The van der Waals surface area contributed by atoms with Gasteiger partial charge >= 0.3 is 0 Å². The summed E-state index contributed by atoms with van der Waals surface area (Å²) in [6.07, 6.45) is 2.22. The Morgan fingerprint density at radius 3 is 2.23 bits per heavy atom. The zero-order chi connectivity index (χ0) is 31.6. The predicted molar refractivity (Wildman–Crippen MR) is 174 cm³/mol. The van der Waals surface area contributed by atoms with Gasteiger partial charge in [0.1, 0.15) is 18.3 Å². The van der Waals surface area contributed by atoms with Gasteiger partial charge in [-0.2, -0.15) is 0 Å². The molecule has 232 valence electrons. The monoisotopic (exact) mass is 645 g/mol. The number of sulfonamides is 1. The fraction of sp³-hybridized carbons (Fsp3) is 0.375. The van der Waals surface area contributed by atoms with Crippen molar-refractivity contribution >= 4 is 50.9 Å². The Bertz CT molecular complexity index is 1480. The summed E-state index contributed by atoms with van der Waals surface area (Å²) < 4.78 is 35.3. The second-order valence-electron chi connectivity index (χ2n) is 10.3. The van der Waals surface area contributed by atoms with Crippen LogP contribution in [0, 0.1) is 5.92 Å². The number of amides is 2. The number of thioether (sulfide) groups is 1. The number of hydrogen-bond donors (Lipinski definition) is 1. The highest BCUT2D eigenvalue weighted by atomic mass is 35.5. The molecule has 0 saturated carbocycles. The lowest BCUT2D eigenvalue weighted by Crippen LogP contribution is -2.52. The van der Waals surface area contributed by atoms with Gasteiger partial charge in [-0.25, -0.2) is 8.42 Å². The first kappa shape index (κ1) is 34.3. The largest absolute Gasteiger partial charge is 0.492 e. The van der Waals surface area contributed by atoms with Crippen LogP contribution in [0.15, 0.2) is 82.6 Å². The van der Waals surface area contributed by atoms with E-state index < -0.39 is 28.5 Å². The van der Waals surface area contributed by atoms with Crippen molar-refractivity contribution < 1.29 is 22.7 Å². The number of ether oxygens (including phenoxy) is 1. The molecule has 3 rings (SSSR count). The lowest BCUT2D eigenvalue weighted by atomic mass is 10.1. The quantitative estimate of drug-likeness (QED) is 0.197. The van der Waals surface area contributed by atoms with Crippen LogP contribution in [-0.2, 0) is 26.2 Å². The predicted octanol–water partition coefficient (Wildman–Crippen LogP) is 6.24. The van der Waals surface area contributed by atoms with Crippen LogP contribution < -0.4 is 14.4 Å². The van der Waals surface area contributed by atoms with Crippen LogP contribution >= 0.6 is 23.4 Å². The summed E-state index contributed by atoms with van der Waals surface area (Å²) in [7, 11) is -4.23. The lowest BCUT2D eigenvalue weighted by molar-refractivity contribution is -0.140. The number of halogens is 1. The number of anilines is 1. The fourth-order valence-corrected chi connectivity index (χ4v) is 6.51. The van der Waals surface area contributed by atoms with E-state index >= 15 is 0 Å². The first-order valence-corrected chi connectivity index (χ1v) is 17.3. The van der Waals surface area contributed by atoms with Gasteiger partial charge in [0.25, 0.3) is 10.0 Å². The standard InChI is InChI=1S/C32H40ClN3O5S2/c1-6-28(32(38)34-20-23(3)4)35(21-24-12-8-9-13-27(24)33)31(37)22-36(29-14-10-11-15-30(29)41-7-2)43(39,40)26-18-16-25(42-5)17-19-26/h8-19,23,28H,6-7,20-22H2,1-5H3,(H,34,38). The van der Waals surface area contributed by atoms with Gasteiger partial charge in [0.2, 0.25) is 11.8 Å². The van der Waals surface area contributed by atoms with Crippen LogP contribution in [0.3, 0.4) is 0 Å². The van der Waals surface area contributed by atoms with Crippen LogP contribution in [-0.4, -0.2) is 57.1 Å². The lowest BCUT2D eigenvalue weighted by Gasteiger charge is -2.33. The molecule has 0 aliphatic rings. The SMILES string of the molecule is CCOc1ccccc1N(CC(=O)N(Cc1ccccc1Cl)C(CC)C(=O)NCC(C)C)S(=O)(=O)c1ccc(SC)cc1. The zero-order valence-corrected chi connectivity index (χ0v) is 27.6. The van der Waals surface area contributed by atoms with Gasteiger partial charge in [-0.3, -0.25) is 13.9 Å². The van der Waals surface area contributed by atoms with Crippen LogP contribution in [0.5, 0.6) is 5.75 Å². The van der Waals surface area contributed by atoms with Crippen molar-refractivity contribution in [3.8, 4) is 5.75 Å². The van der Waals surface area contributed by atoms with E-state index in [2.05, 4.69) is 5.32 Å². The van der Waals surface area contributed by atoms with Crippen molar-refractivity contribution in [2.24, 2.45) is 5.92 Å². The molecule has 2 amide bonds. The smallest absolute Gasteiger partial charge is 0.264 e. The summed E-state index contributed by atoms with van der Waals surface area (Å²) in [5.41, 5.74) is 0.867. The van der Waals surface area contributed by atoms with Crippen molar-refractivity contribution in [1.82, 2.24) is 10.2 Å². The molecule has 11 heteroatoms.